The molecule has 5 nitrogen and oxygen atoms in total. The summed E-state index contributed by atoms with van der Waals surface area (Å²) in [5.74, 6) is 0.0380. The summed E-state index contributed by atoms with van der Waals surface area (Å²) in [4.78, 5) is 22.3. The number of carbonyl (C=O) groups excluding carboxylic acids is 1. The number of ether oxygens (including phenoxy) is 1. The number of morpholine rings is 1. The molecular formula is C23H25N3O2S. The molecule has 3 aromatic rings. The Balaban J connectivity index is 1.66. The van der Waals surface area contributed by atoms with Crippen LogP contribution in [0, 0.1) is 0 Å². The molecule has 2 aromatic heterocycles. The minimum absolute atomic E-state index is 0.0281. The number of nitrogens with zero attached hydrogens (tertiary/aromatic N) is 3. The van der Waals surface area contributed by atoms with Gasteiger partial charge in [-0.25, -0.2) is 0 Å². The molecule has 0 saturated carbocycles. The lowest BCUT2D eigenvalue weighted by Gasteiger charge is -2.28. The van der Waals surface area contributed by atoms with Crippen LogP contribution in [0.1, 0.15) is 28.2 Å². The maximum Gasteiger partial charge on any atom is 0.264 e. The molecule has 1 atom stereocenters. The fraction of sp³-hybridized carbons (Fsp3) is 0.304. The number of hydrogen-bond acceptors (Lipinski definition) is 5. The van der Waals surface area contributed by atoms with Crippen molar-refractivity contribution in [2.24, 2.45) is 0 Å². The number of hydrogen-bond donors (Lipinski definition) is 0. The van der Waals surface area contributed by atoms with E-state index in [4.69, 9.17) is 4.74 Å². The predicted octanol–water partition coefficient (Wildman–Crippen LogP) is 4.48. The number of carbonyl (C=O) groups is 1. The highest BCUT2D eigenvalue weighted by atomic mass is 32.1. The van der Waals surface area contributed by atoms with Gasteiger partial charge < -0.3 is 14.5 Å². The second-order valence-corrected chi connectivity index (χ2v) is 8.20. The molecule has 0 aliphatic carbocycles. The third-order valence-electron chi connectivity index (χ3n) is 5.40. The second-order valence-electron chi connectivity index (χ2n) is 7.17. The van der Waals surface area contributed by atoms with Crippen LogP contribution in [-0.4, -0.2) is 49.1 Å². The van der Waals surface area contributed by atoms with Gasteiger partial charge in [0.15, 0.2) is 0 Å². The molecule has 1 aliphatic heterocycles. The van der Waals surface area contributed by atoms with E-state index in [-0.39, 0.29) is 11.9 Å². The molecular weight excluding hydrogens is 382 g/mol. The second kappa shape index (κ2) is 8.76. The number of thiophene rings is 1. The maximum atomic E-state index is 13.3. The van der Waals surface area contributed by atoms with Gasteiger partial charge in [-0.2, -0.15) is 0 Å². The molecule has 0 bridgehead atoms. The quantitative estimate of drug-likeness (QED) is 0.626. The van der Waals surface area contributed by atoms with Gasteiger partial charge in [0.1, 0.15) is 0 Å². The normalized spacial score (nSPS) is 15.2. The van der Waals surface area contributed by atoms with E-state index in [2.05, 4.69) is 22.0 Å². The molecule has 1 unspecified atom stereocenters. The van der Waals surface area contributed by atoms with Crippen LogP contribution in [-0.2, 0) is 4.74 Å². The third kappa shape index (κ3) is 4.18. The van der Waals surface area contributed by atoms with Gasteiger partial charge in [0, 0.05) is 38.1 Å². The number of amides is 1. The average molecular weight is 408 g/mol. The van der Waals surface area contributed by atoms with E-state index >= 15 is 0 Å². The minimum Gasteiger partial charge on any atom is -0.378 e. The van der Waals surface area contributed by atoms with E-state index < -0.39 is 0 Å². The van der Waals surface area contributed by atoms with Crippen LogP contribution in [0.2, 0.25) is 0 Å². The summed E-state index contributed by atoms with van der Waals surface area (Å²) in [6.45, 7) is 5.17. The fourth-order valence-corrected chi connectivity index (χ4v) is 4.74. The van der Waals surface area contributed by atoms with Gasteiger partial charge in [0.05, 0.1) is 29.1 Å². The van der Waals surface area contributed by atoms with Crippen molar-refractivity contribution in [1.82, 2.24) is 9.88 Å². The Hall–Kier alpha value is -2.70. The summed E-state index contributed by atoms with van der Waals surface area (Å²) >= 11 is 1.58. The number of pyridine rings is 1. The third-order valence-corrected chi connectivity index (χ3v) is 6.58. The predicted molar refractivity (Wildman–Crippen MR) is 118 cm³/mol. The van der Waals surface area contributed by atoms with Gasteiger partial charge in [-0.3, -0.25) is 9.78 Å². The highest BCUT2D eigenvalue weighted by Gasteiger charge is 2.25. The van der Waals surface area contributed by atoms with Crippen LogP contribution in [0.5, 0.6) is 0 Å². The SMILES string of the molecule is CC(c1ccncc1)N(C)C(=O)c1cc(-c2ccccc2)c(N2CCOCC2)s1. The zero-order valence-electron chi connectivity index (χ0n) is 16.7. The molecule has 0 radical (unpaired) electrons. The Bertz CT molecular complexity index is 953. The Morgan fingerprint density at radius 1 is 1.14 bits per heavy atom. The summed E-state index contributed by atoms with van der Waals surface area (Å²) in [5, 5.41) is 1.15. The highest BCUT2D eigenvalue weighted by molar-refractivity contribution is 7.18. The Labute approximate surface area is 175 Å². The Kier molecular flexibility index (Phi) is 5.92. The standard InChI is InChI=1S/C23H25N3O2S/c1-17(18-8-10-24-11-9-18)25(2)22(27)21-16-20(19-6-4-3-5-7-19)23(29-21)26-12-14-28-15-13-26/h3-11,16-17H,12-15H2,1-2H3. The van der Waals surface area contributed by atoms with Crippen molar-refractivity contribution in [2.45, 2.75) is 13.0 Å². The number of benzene rings is 1. The lowest BCUT2D eigenvalue weighted by molar-refractivity contribution is 0.0747. The molecule has 150 valence electrons. The van der Waals surface area contributed by atoms with Gasteiger partial charge in [-0.05, 0) is 36.2 Å². The van der Waals surface area contributed by atoms with Gasteiger partial charge in [0.2, 0.25) is 0 Å². The first-order valence-electron chi connectivity index (χ1n) is 9.84. The van der Waals surface area contributed by atoms with Gasteiger partial charge in [-0.1, -0.05) is 30.3 Å². The first-order chi connectivity index (χ1) is 14.1. The number of aromatic nitrogens is 1. The van der Waals surface area contributed by atoms with Crippen molar-refractivity contribution < 1.29 is 9.53 Å². The molecule has 1 aliphatic rings. The van der Waals surface area contributed by atoms with Crippen molar-refractivity contribution in [3.63, 3.8) is 0 Å². The van der Waals surface area contributed by atoms with E-state index in [0.29, 0.717) is 13.2 Å². The van der Waals surface area contributed by atoms with Crippen molar-refractivity contribution >= 4 is 22.2 Å². The molecule has 1 fully saturated rings. The monoisotopic (exact) mass is 407 g/mol. The molecule has 1 amide bonds. The lowest BCUT2D eigenvalue weighted by atomic mass is 10.1. The highest BCUT2D eigenvalue weighted by Crippen LogP contribution is 2.40. The zero-order chi connectivity index (χ0) is 20.2. The first-order valence-corrected chi connectivity index (χ1v) is 10.7. The van der Waals surface area contributed by atoms with Crippen LogP contribution < -0.4 is 4.90 Å². The summed E-state index contributed by atoms with van der Waals surface area (Å²) in [5.41, 5.74) is 3.32. The summed E-state index contributed by atoms with van der Waals surface area (Å²) in [7, 11) is 1.86. The summed E-state index contributed by atoms with van der Waals surface area (Å²) in [6.07, 6.45) is 3.53. The molecule has 3 heterocycles. The smallest absolute Gasteiger partial charge is 0.264 e. The van der Waals surface area contributed by atoms with Crippen molar-refractivity contribution in [2.75, 3.05) is 38.3 Å². The number of anilines is 1. The van der Waals surface area contributed by atoms with E-state index in [1.165, 1.54) is 0 Å². The van der Waals surface area contributed by atoms with Crippen molar-refractivity contribution in [3.8, 4) is 11.1 Å². The molecule has 1 saturated heterocycles. The van der Waals surface area contributed by atoms with Gasteiger partial charge in [-0.15, -0.1) is 11.3 Å². The van der Waals surface area contributed by atoms with E-state index in [9.17, 15) is 4.79 Å². The van der Waals surface area contributed by atoms with Gasteiger partial charge >= 0.3 is 0 Å². The Morgan fingerprint density at radius 3 is 2.52 bits per heavy atom. The average Bonchev–Trinajstić information content (AvgIpc) is 3.25. The van der Waals surface area contributed by atoms with Crippen molar-refractivity contribution in [1.29, 1.82) is 0 Å². The zero-order valence-corrected chi connectivity index (χ0v) is 17.6. The Morgan fingerprint density at radius 2 is 1.83 bits per heavy atom. The maximum absolute atomic E-state index is 13.3. The fourth-order valence-electron chi connectivity index (χ4n) is 3.53. The largest absolute Gasteiger partial charge is 0.378 e. The molecule has 1 aromatic carbocycles. The lowest BCUT2D eigenvalue weighted by Crippen LogP contribution is -2.35. The van der Waals surface area contributed by atoms with Crippen LogP contribution in [0.15, 0.2) is 60.9 Å². The topological polar surface area (TPSA) is 45.7 Å². The van der Waals surface area contributed by atoms with E-state index in [1.807, 2.05) is 50.4 Å². The molecule has 29 heavy (non-hydrogen) atoms. The number of rotatable bonds is 5. The van der Waals surface area contributed by atoms with Crippen LogP contribution in [0.25, 0.3) is 11.1 Å². The molecule has 0 N–H and O–H groups in total. The summed E-state index contributed by atoms with van der Waals surface area (Å²) in [6, 6.07) is 16.2. The minimum atomic E-state index is -0.0281. The first kappa shape index (κ1) is 19.6. The molecule has 0 spiro atoms. The van der Waals surface area contributed by atoms with Crippen LogP contribution in [0.4, 0.5) is 5.00 Å². The van der Waals surface area contributed by atoms with E-state index in [0.717, 1.165) is 39.7 Å². The van der Waals surface area contributed by atoms with Crippen LogP contribution >= 0.6 is 11.3 Å². The van der Waals surface area contributed by atoms with Gasteiger partial charge in [0.25, 0.3) is 5.91 Å². The summed E-state index contributed by atoms with van der Waals surface area (Å²) < 4.78 is 5.52. The van der Waals surface area contributed by atoms with Crippen molar-refractivity contribution in [3.05, 3.63) is 71.4 Å². The van der Waals surface area contributed by atoms with Crippen LogP contribution in [0.3, 0.4) is 0 Å². The molecule has 4 rings (SSSR count). The van der Waals surface area contributed by atoms with E-state index in [1.54, 1.807) is 28.6 Å². The molecule has 6 heteroatoms.